The summed E-state index contributed by atoms with van der Waals surface area (Å²) in [6.45, 7) is 5.48. The number of pyridine rings is 1. The van der Waals surface area contributed by atoms with Crippen LogP contribution < -0.4 is 0 Å². The van der Waals surface area contributed by atoms with Crippen molar-refractivity contribution in [2.24, 2.45) is 5.92 Å². The van der Waals surface area contributed by atoms with Gasteiger partial charge in [-0.25, -0.2) is 0 Å². The molecule has 0 N–H and O–H groups in total. The maximum Gasteiger partial charge on any atom is 0.0781 e. The van der Waals surface area contributed by atoms with Crippen molar-refractivity contribution in [2.45, 2.75) is 31.5 Å². The fourth-order valence-corrected chi connectivity index (χ4v) is 3.72. The number of hydrogen-bond donors (Lipinski definition) is 0. The zero-order valence-electron chi connectivity index (χ0n) is 14.4. The Morgan fingerprint density at radius 1 is 1.30 bits per heavy atom. The molecule has 1 aliphatic carbocycles. The number of fused-ring (bicyclic) bond motifs is 1. The molecule has 1 saturated heterocycles. The molecule has 1 aliphatic heterocycles. The summed E-state index contributed by atoms with van der Waals surface area (Å²) in [4.78, 5) is 8.85. The van der Waals surface area contributed by atoms with E-state index in [1.165, 1.54) is 18.4 Å². The van der Waals surface area contributed by atoms with Gasteiger partial charge in [-0.15, -0.1) is 0 Å². The first kappa shape index (κ1) is 16.8. The van der Waals surface area contributed by atoms with Crippen LogP contribution in [0.25, 0.3) is 0 Å². The average molecular weight is 319 g/mol. The van der Waals surface area contributed by atoms with Crippen molar-refractivity contribution in [3.05, 3.63) is 30.1 Å². The Balaban J connectivity index is 1.51. The molecule has 0 amide bonds. The maximum absolute atomic E-state index is 6.12. The highest BCUT2D eigenvalue weighted by molar-refractivity contribution is 5.10. The predicted molar refractivity (Wildman–Crippen MR) is 90.3 cm³/mol. The first-order chi connectivity index (χ1) is 11.2. The summed E-state index contributed by atoms with van der Waals surface area (Å²) in [6.07, 6.45) is 6.53. The average Bonchev–Trinajstić information content (AvgIpc) is 2.97. The van der Waals surface area contributed by atoms with Crippen molar-refractivity contribution < 1.29 is 9.47 Å². The van der Waals surface area contributed by atoms with E-state index in [9.17, 15) is 0 Å². The van der Waals surface area contributed by atoms with Crippen molar-refractivity contribution in [1.82, 2.24) is 14.8 Å². The number of aromatic nitrogens is 1. The van der Waals surface area contributed by atoms with Crippen LogP contribution in [0.5, 0.6) is 0 Å². The Hall–Kier alpha value is -1.01. The summed E-state index contributed by atoms with van der Waals surface area (Å²) < 4.78 is 12.0. The first-order valence-corrected chi connectivity index (χ1v) is 8.71. The van der Waals surface area contributed by atoms with Crippen LogP contribution in [-0.4, -0.2) is 73.9 Å². The highest BCUT2D eigenvalue weighted by atomic mass is 16.5. The standard InChI is InChI=1S/C18H29N3O2/c1-20(2)9-11-22-14-16-3-4-17-18(16)23-12-10-21(17)13-15-5-7-19-8-6-15/h5-8,16-18H,3-4,9-14H2,1-2H3. The van der Waals surface area contributed by atoms with E-state index in [1.807, 2.05) is 12.4 Å². The highest BCUT2D eigenvalue weighted by Crippen LogP contribution is 2.35. The lowest BCUT2D eigenvalue weighted by Crippen LogP contribution is -2.50. The van der Waals surface area contributed by atoms with Crippen LogP contribution in [-0.2, 0) is 16.0 Å². The molecule has 1 saturated carbocycles. The molecule has 0 spiro atoms. The van der Waals surface area contributed by atoms with Gasteiger partial charge in [0.05, 0.1) is 25.9 Å². The van der Waals surface area contributed by atoms with E-state index in [-0.39, 0.29) is 0 Å². The molecule has 0 radical (unpaired) electrons. The second-order valence-electron chi connectivity index (χ2n) is 6.94. The van der Waals surface area contributed by atoms with Crippen molar-refractivity contribution >= 4 is 0 Å². The lowest BCUT2D eigenvalue weighted by atomic mass is 10.0. The lowest BCUT2D eigenvalue weighted by Gasteiger charge is -2.39. The number of likely N-dealkylation sites (N-methyl/N-ethyl adjacent to an activating group) is 1. The zero-order valence-corrected chi connectivity index (χ0v) is 14.4. The van der Waals surface area contributed by atoms with Gasteiger partial charge in [-0.1, -0.05) is 0 Å². The highest BCUT2D eigenvalue weighted by Gasteiger charge is 2.42. The van der Waals surface area contributed by atoms with Crippen molar-refractivity contribution in [1.29, 1.82) is 0 Å². The molecule has 0 bridgehead atoms. The minimum atomic E-state index is 0.338. The number of nitrogens with zero attached hydrogens (tertiary/aromatic N) is 3. The van der Waals surface area contributed by atoms with Crippen LogP contribution in [0.1, 0.15) is 18.4 Å². The third-order valence-electron chi connectivity index (χ3n) is 4.98. The topological polar surface area (TPSA) is 37.8 Å². The summed E-state index contributed by atoms with van der Waals surface area (Å²) in [5.41, 5.74) is 1.34. The summed E-state index contributed by atoms with van der Waals surface area (Å²) in [5, 5.41) is 0. The number of morpholine rings is 1. The normalized spacial score (nSPS) is 28.2. The number of rotatable bonds is 7. The van der Waals surface area contributed by atoms with Crippen LogP contribution in [0.15, 0.2) is 24.5 Å². The Morgan fingerprint density at radius 2 is 2.13 bits per heavy atom. The van der Waals surface area contributed by atoms with Gasteiger partial charge in [-0.2, -0.15) is 0 Å². The summed E-state index contributed by atoms with van der Waals surface area (Å²) >= 11 is 0. The molecule has 23 heavy (non-hydrogen) atoms. The van der Waals surface area contributed by atoms with E-state index in [1.54, 1.807) is 0 Å². The van der Waals surface area contributed by atoms with Crippen LogP contribution in [0, 0.1) is 5.92 Å². The van der Waals surface area contributed by atoms with E-state index in [0.717, 1.165) is 39.5 Å². The Kier molecular flexibility index (Phi) is 6.00. The first-order valence-electron chi connectivity index (χ1n) is 8.71. The van der Waals surface area contributed by atoms with E-state index in [2.05, 4.69) is 41.0 Å². The molecular weight excluding hydrogens is 290 g/mol. The Morgan fingerprint density at radius 3 is 2.91 bits per heavy atom. The largest absolute Gasteiger partial charge is 0.380 e. The third kappa shape index (κ3) is 4.51. The van der Waals surface area contributed by atoms with Gasteiger partial charge in [0, 0.05) is 44.0 Å². The molecule has 2 heterocycles. The minimum Gasteiger partial charge on any atom is -0.380 e. The monoisotopic (exact) mass is 319 g/mol. The van der Waals surface area contributed by atoms with Crippen molar-refractivity contribution in [3.8, 4) is 0 Å². The van der Waals surface area contributed by atoms with Crippen LogP contribution in [0.2, 0.25) is 0 Å². The third-order valence-corrected chi connectivity index (χ3v) is 4.98. The molecule has 5 heteroatoms. The van der Waals surface area contributed by atoms with E-state index < -0.39 is 0 Å². The quantitative estimate of drug-likeness (QED) is 0.714. The van der Waals surface area contributed by atoms with E-state index in [0.29, 0.717) is 18.1 Å². The molecular formula is C18H29N3O2. The SMILES string of the molecule is CN(C)CCOCC1CCC2C1OCCN2Cc1ccncc1. The molecule has 128 valence electrons. The van der Waals surface area contributed by atoms with Crippen LogP contribution >= 0.6 is 0 Å². The molecule has 0 aromatic carbocycles. The van der Waals surface area contributed by atoms with E-state index in [4.69, 9.17) is 9.47 Å². The molecule has 1 aromatic rings. The number of ether oxygens (including phenoxy) is 2. The predicted octanol–water partition coefficient (Wildman–Crippen LogP) is 1.64. The summed E-state index contributed by atoms with van der Waals surface area (Å²) in [5.74, 6) is 0.544. The Bertz CT molecular complexity index is 469. The number of hydrogen-bond acceptors (Lipinski definition) is 5. The summed E-state index contributed by atoms with van der Waals surface area (Å²) in [6, 6.07) is 4.77. The molecule has 3 unspecified atom stereocenters. The molecule has 3 rings (SSSR count). The van der Waals surface area contributed by atoms with Crippen LogP contribution in [0.3, 0.4) is 0 Å². The van der Waals surface area contributed by atoms with Crippen LogP contribution in [0.4, 0.5) is 0 Å². The van der Waals surface area contributed by atoms with Crippen molar-refractivity contribution in [3.63, 3.8) is 0 Å². The minimum absolute atomic E-state index is 0.338. The fourth-order valence-electron chi connectivity index (χ4n) is 3.72. The van der Waals surface area contributed by atoms with Gasteiger partial charge < -0.3 is 14.4 Å². The van der Waals surface area contributed by atoms with Gasteiger partial charge in [-0.3, -0.25) is 9.88 Å². The fraction of sp³-hybridized carbons (Fsp3) is 0.722. The molecule has 5 nitrogen and oxygen atoms in total. The molecule has 1 aromatic heterocycles. The maximum atomic E-state index is 6.12. The summed E-state index contributed by atoms with van der Waals surface area (Å²) in [7, 11) is 4.16. The van der Waals surface area contributed by atoms with E-state index >= 15 is 0 Å². The van der Waals surface area contributed by atoms with Gasteiger partial charge in [0.2, 0.25) is 0 Å². The van der Waals surface area contributed by atoms with Gasteiger partial charge in [0.1, 0.15) is 0 Å². The smallest absolute Gasteiger partial charge is 0.0781 e. The zero-order chi connectivity index (χ0) is 16.1. The lowest BCUT2D eigenvalue weighted by molar-refractivity contribution is -0.0883. The van der Waals surface area contributed by atoms with Gasteiger partial charge in [-0.05, 0) is 44.6 Å². The second-order valence-corrected chi connectivity index (χ2v) is 6.94. The molecule has 2 aliphatic rings. The van der Waals surface area contributed by atoms with Gasteiger partial charge >= 0.3 is 0 Å². The van der Waals surface area contributed by atoms with Gasteiger partial charge in [0.15, 0.2) is 0 Å². The van der Waals surface area contributed by atoms with Gasteiger partial charge in [0.25, 0.3) is 0 Å². The Labute approximate surface area is 139 Å². The molecule has 2 fully saturated rings. The van der Waals surface area contributed by atoms with Crippen molar-refractivity contribution in [2.75, 3.05) is 47.0 Å². The second kappa shape index (κ2) is 8.20. The molecule has 3 atom stereocenters.